The van der Waals surface area contributed by atoms with E-state index in [1.807, 2.05) is 20.8 Å². The summed E-state index contributed by atoms with van der Waals surface area (Å²) in [6.45, 7) is 6.05. The molecule has 1 aromatic carbocycles. The largest absolute Gasteiger partial charge is 0.279 e. The first-order valence-corrected chi connectivity index (χ1v) is 6.60. The number of nitrogens with zero attached hydrogens (tertiary/aromatic N) is 2. The summed E-state index contributed by atoms with van der Waals surface area (Å²) in [5, 5.41) is 21.6. The van der Waals surface area contributed by atoms with Crippen molar-refractivity contribution in [2.45, 2.75) is 32.0 Å². The monoisotopic (exact) mass is 330 g/mol. The molecule has 1 atom stereocenters. The zero-order valence-corrected chi connectivity index (χ0v) is 12.5. The van der Waals surface area contributed by atoms with E-state index in [4.69, 9.17) is 0 Å². The molecule has 0 saturated heterocycles. The van der Waals surface area contributed by atoms with Crippen molar-refractivity contribution >= 4 is 27.3 Å². The molecule has 19 heavy (non-hydrogen) atoms. The fourth-order valence-corrected chi connectivity index (χ4v) is 1.86. The number of non-ortho nitro benzene ring substituents is 1. The van der Waals surface area contributed by atoms with Crippen LogP contribution in [0.1, 0.15) is 26.3 Å². The molecule has 0 aliphatic heterocycles. The van der Waals surface area contributed by atoms with E-state index in [0.29, 0.717) is 12.0 Å². The molecule has 0 saturated carbocycles. The molecule has 6 nitrogen and oxygen atoms in total. The predicted molar refractivity (Wildman–Crippen MR) is 75.6 cm³/mol. The maximum atomic E-state index is 11.0. The normalized spacial score (nSPS) is 13.1. The molecular weight excluding hydrogens is 316 g/mol. The van der Waals surface area contributed by atoms with E-state index in [-0.39, 0.29) is 21.6 Å². The highest BCUT2D eigenvalue weighted by molar-refractivity contribution is 9.09. The first-order chi connectivity index (χ1) is 8.62. The Labute approximate surface area is 119 Å². The van der Waals surface area contributed by atoms with Crippen LogP contribution < -0.4 is 0 Å². The molecule has 0 spiro atoms. The Morgan fingerprint density at radius 1 is 1.21 bits per heavy atom. The third-order valence-electron chi connectivity index (χ3n) is 2.82. The fourth-order valence-electron chi connectivity index (χ4n) is 1.51. The van der Waals surface area contributed by atoms with Gasteiger partial charge in [-0.05, 0) is 17.9 Å². The van der Waals surface area contributed by atoms with Crippen molar-refractivity contribution in [2.24, 2.45) is 5.41 Å². The fraction of sp³-hybridized carbons (Fsp3) is 0.500. The number of nitro groups is 2. The van der Waals surface area contributed by atoms with Gasteiger partial charge in [0.2, 0.25) is 0 Å². The Bertz CT molecular complexity index is 511. The van der Waals surface area contributed by atoms with Crippen LogP contribution in [-0.4, -0.2) is 14.7 Å². The van der Waals surface area contributed by atoms with Gasteiger partial charge in [-0.3, -0.25) is 20.2 Å². The zero-order valence-electron chi connectivity index (χ0n) is 10.9. The Morgan fingerprint density at radius 3 is 2.21 bits per heavy atom. The average Bonchev–Trinajstić information content (AvgIpc) is 2.27. The van der Waals surface area contributed by atoms with Crippen LogP contribution in [0.2, 0.25) is 0 Å². The topological polar surface area (TPSA) is 86.3 Å². The van der Waals surface area contributed by atoms with Gasteiger partial charge in [0.05, 0.1) is 15.9 Å². The third kappa shape index (κ3) is 3.99. The van der Waals surface area contributed by atoms with E-state index in [0.717, 1.165) is 6.07 Å². The van der Waals surface area contributed by atoms with Gasteiger partial charge in [-0.1, -0.05) is 36.7 Å². The molecule has 0 aliphatic carbocycles. The van der Waals surface area contributed by atoms with Crippen molar-refractivity contribution < 1.29 is 9.85 Å². The highest BCUT2D eigenvalue weighted by atomic mass is 79.9. The van der Waals surface area contributed by atoms with Gasteiger partial charge in [-0.2, -0.15) is 0 Å². The molecule has 7 heteroatoms. The van der Waals surface area contributed by atoms with E-state index in [2.05, 4.69) is 15.9 Å². The van der Waals surface area contributed by atoms with Crippen LogP contribution in [0.5, 0.6) is 0 Å². The van der Waals surface area contributed by atoms with Crippen molar-refractivity contribution in [3.8, 4) is 0 Å². The van der Waals surface area contributed by atoms with Gasteiger partial charge >= 0.3 is 0 Å². The summed E-state index contributed by atoms with van der Waals surface area (Å²) in [6, 6.07) is 3.76. The molecule has 0 N–H and O–H groups in total. The van der Waals surface area contributed by atoms with Gasteiger partial charge in [0, 0.05) is 16.5 Å². The van der Waals surface area contributed by atoms with Crippen molar-refractivity contribution in [1.29, 1.82) is 0 Å². The van der Waals surface area contributed by atoms with Crippen LogP contribution in [0.3, 0.4) is 0 Å². The van der Waals surface area contributed by atoms with Gasteiger partial charge in [-0.15, -0.1) is 0 Å². The van der Waals surface area contributed by atoms with Crippen molar-refractivity contribution in [2.75, 3.05) is 0 Å². The molecule has 0 amide bonds. The Hall–Kier alpha value is -1.50. The highest BCUT2D eigenvalue weighted by Gasteiger charge is 2.26. The second-order valence-corrected chi connectivity index (χ2v) is 6.47. The molecule has 1 aromatic rings. The van der Waals surface area contributed by atoms with Gasteiger partial charge in [-0.25, -0.2) is 0 Å². The second-order valence-electron chi connectivity index (χ2n) is 5.36. The second kappa shape index (κ2) is 5.64. The van der Waals surface area contributed by atoms with Crippen molar-refractivity contribution in [3.05, 3.63) is 44.0 Å². The maximum Gasteiger partial charge on any atom is 0.279 e. The van der Waals surface area contributed by atoms with E-state index >= 15 is 0 Å². The molecule has 0 radical (unpaired) electrons. The molecule has 1 rings (SSSR count). The Kier molecular flexibility index (Phi) is 4.62. The molecular formula is C12H15BrN2O4. The van der Waals surface area contributed by atoms with Crippen LogP contribution >= 0.6 is 15.9 Å². The summed E-state index contributed by atoms with van der Waals surface area (Å²) in [5.41, 5.74) is -0.0389. The summed E-state index contributed by atoms with van der Waals surface area (Å²) < 4.78 is 0. The number of benzene rings is 1. The van der Waals surface area contributed by atoms with Crippen LogP contribution in [0, 0.1) is 25.6 Å². The minimum atomic E-state index is -0.633. The molecule has 1 unspecified atom stereocenters. The number of hydrogen-bond acceptors (Lipinski definition) is 4. The summed E-state index contributed by atoms with van der Waals surface area (Å²) in [7, 11) is 0. The van der Waals surface area contributed by atoms with E-state index in [1.54, 1.807) is 0 Å². The maximum absolute atomic E-state index is 11.0. The molecule has 0 aromatic heterocycles. The van der Waals surface area contributed by atoms with E-state index in [9.17, 15) is 20.2 Å². The standard InChI is InChI=1S/C12H15BrN2O4/c1-12(2,3)11(13)6-8-4-5-9(14(16)17)7-10(8)15(18)19/h4-5,7,11H,6H2,1-3H3. The first-order valence-electron chi connectivity index (χ1n) is 5.68. The lowest BCUT2D eigenvalue weighted by Gasteiger charge is -2.25. The van der Waals surface area contributed by atoms with Gasteiger partial charge in [0.25, 0.3) is 11.4 Å². The van der Waals surface area contributed by atoms with Crippen LogP contribution in [-0.2, 0) is 6.42 Å². The summed E-state index contributed by atoms with van der Waals surface area (Å²) in [5.74, 6) is 0. The van der Waals surface area contributed by atoms with E-state index < -0.39 is 9.85 Å². The minimum absolute atomic E-state index is 0.0418. The molecule has 0 fully saturated rings. The third-order valence-corrected chi connectivity index (χ3v) is 4.51. The van der Waals surface area contributed by atoms with Gasteiger partial charge < -0.3 is 0 Å². The van der Waals surface area contributed by atoms with Crippen LogP contribution in [0.15, 0.2) is 18.2 Å². The lowest BCUT2D eigenvalue weighted by Crippen LogP contribution is -2.22. The van der Waals surface area contributed by atoms with Gasteiger partial charge in [0.15, 0.2) is 0 Å². The smallest absolute Gasteiger partial charge is 0.258 e. The first kappa shape index (κ1) is 15.6. The van der Waals surface area contributed by atoms with Crippen molar-refractivity contribution in [3.63, 3.8) is 0 Å². The Morgan fingerprint density at radius 2 is 1.79 bits per heavy atom. The van der Waals surface area contributed by atoms with Crippen LogP contribution in [0.4, 0.5) is 11.4 Å². The Balaban J connectivity index is 3.14. The quantitative estimate of drug-likeness (QED) is 0.476. The lowest BCUT2D eigenvalue weighted by molar-refractivity contribution is -0.394. The number of rotatable bonds is 4. The zero-order chi connectivity index (χ0) is 14.8. The van der Waals surface area contributed by atoms with Crippen LogP contribution in [0.25, 0.3) is 0 Å². The van der Waals surface area contributed by atoms with Gasteiger partial charge in [0.1, 0.15) is 0 Å². The number of hydrogen-bond donors (Lipinski definition) is 0. The number of halogens is 1. The highest BCUT2D eigenvalue weighted by Crippen LogP contribution is 2.33. The summed E-state index contributed by atoms with van der Waals surface area (Å²) in [6.07, 6.45) is 0.442. The molecule has 104 valence electrons. The molecule has 0 aliphatic rings. The average molecular weight is 331 g/mol. The SMILES string of the molecule is CC(C)(C)C(Br)Cc1ccc([N+](=O)[O-])cc1[N+](=O)[O-]. The number of alkyl halides is 1. The van der Waals surface area contributed by atoms with Crippen molar-refractivity contribution in [1.82, 2.24) is 0 Å². The predicted octanol–water partition coefficient (Wildman–Crippen LogP) is 3.86. The lowest BCUT2D eigenvalue weighted by atomic mass is 9.88. The minimum Gasteiger partial charge on any atom is -0.258 e. The molecule has 0 heterocycles. The number of nitro benzene ring substituents is 2. The summed E-state index contributed by atoms with van der Waals surface area (Å²) in [4.78, 5) is 20.5. The summed E-state index contributed by atoms with van der Waals surface area (Å²) >= 11 is 3.51. The molecule has 0 bridgehead atoms. The van der Waals surface area contributed by atoms with E-state index in [1.165, 1.54) is 12.1 Å².